The minimum atomic E-state index is -0.676. The Bertz CT molecular complexity index is 462. The lowest BCUT2D eigenvalue weighted by Gasteiger charge is -2.18. The maximum absolute atomic E-state index is 11.4. The van der Waals surface area contributed by atoms with Gasteiger partial charge in [0.15, 0.2) is 17.6 Å². The number of hydrogen-bond donors (Lipinski definition) is 1. The van der Waals surface area contributed by atoms with Crippen molar-refractivity contribution in [1.29, 1.82) is 0 Å². The van der Waals surface area contributed by atoms with Crippen LogP contribution in [0.2, 0.25) is 0 Å². The third-order valence-electron chi connectivity index (χ3n) is 3.23. The molecule has 5 nitrogen and oxygen atoms in total. The van der Waals surface area contributed by atoms with E-state index in [1.807, 2.05) is 18.2 Å². The Labute approximate surface area is 126 Å². The van der Waals surface area contributed by atoms with Crippen molar-refractivity contribution in [3.8, 4) is 11.5 Å². The zero-order chi connectivity index (χ0) is 15.8. The molecule has 0 aliphatic rings. The topological polar surface area (TPSA) is 56.8 Å². The standard InChI is InChI=1S/C16H25NO4/c1-6-9-17-11(2)13-7-8-14(15(10-13)19-4)21-12(3)16(18)20-5/h7-8,10-12,17H,6,9H2,1-5H3. The third-order valence-corrected chi connectivity index (χ3v) is 3.23. The first kappa shape index (κ1) is 17.3. The average Bonchev–Trinajstić information content (AvgIpc) is 2.51. The fourth-order valence-corrected chi connectivity index (χ4v) is 1.93. The summed E-state index contributed by atoms with van der Waals surface area (Å²) < 4.78 is 15.6. The van der Waals surface area contributed by atoms with Gasteiger partial charge in [-0.2, -0.15) is 0 Å². The molecule has 0 spiro atoms. The van der Waals surface area contributed by atoms with Crippen LogP contribution in [0.25, 0.3) is 0 Å². The molecular weight excluding hydrogens is 270 g/mol. The molecule has 2 unspecified atom stereocenters. The SMILES string of the molecule is CCCNC(C)c1ccc(OC(C)C(=O)OC)c(OC)c1. The van der Waals surface area contributed by atoms with E-state index >= 15 is 0 Å². The molecule has 0 radical (unpaired) electrons. The predicted molar refractivity (Wildman–Crippen MR) is 81.8 cm³/mol. The zero-order valence-electron chi connectivity index (χ0n) is 13.4. The second kappa shape index (κ2) is 8.52. The fourth-order valence-electron chi connectivity index (χ4n) is 1.93. The number of carbonyl (C=O) groups is 1. The van der Waals surface area contributed by atoms with E-state index in [1.54, 1.807) is 14.0 Å². The lowest BCUT2D eigenvalue weighted by atomic mass is 10.1. The number of nitrogens with one attached hydrogen (secondary N) is 1. The van der Waals surface area contributed by atoms with Crippen molar-refractivity contribution in [3.05, 3.63) is 23.8 Å². The minimum absolute atomic E-state index is 0.228. The van der Waals surface area contributed by atoms with Crippen molar-refractivity contribution in [2.24, 2.45) is 0 Å². The maximum Gasteiger partial charge on any atom is 0.346 e. The quantitative estimate of drug-likeness (QED) is 0.747. The molecule has 21 heavy (non-hydrogen) atoms. The molecule has 5 heteroatoms. The van der Waals surface area contributed by atoms with Gasteiger partial charge in [0, 0.05) is 6.04 Å². The number of rotatable bonds is 8. The first-order valence-corrected chi connectivity index (χ1v) is 7.19. The molecule has 1 aromatic rings. The van der Waals surface area contributed by atoms with Crippen LogP contribution in [0.3, 0.4) is 0 Å². The van der Waals surface area contributed by atoms with Crippen LogP contribution >= 0.6 is 0 Å². The van der Waals surface area contributed by atoms with Gasteiger partial charge in [0.05, 0.1) is 14.2 Å². The molecule has 0 saturated heterocycles. The van der Waals surface area contributed by atoms with Crippen LogP contribution in [0.15, 0.2) is 18.2 Å². The van der Waals surface area contributed by atoms with Gasteiger partial charge in [-0.25, -0.2) is 4.79 Å². The van der Waals surface area contributed by atoms with Crippen LogP contribution in [0.1, 0.15) is 38.8 Å². The highest BCUT2D eigenvalue weighted by Gasteiger charge is 2.18. The summed E-state index contributed by atoms with van der Waals surface area (Å²) in [7, 11) is 2.92. The second-order valence-electron chi connectivity index (χ2n) is 4.87. The highest BCUT2D eigenvalue weighted by Crippen LogP contribution is 2.31. The Balaban J connectivity index is 2.86. The van der Waals surface area contributed by atoms with Crippen molar-refractivity contribution in [2.75, 3.05) is 20.8 Å². The number of methoxy groups -OCH3 is 2. The normalized spacial score (nSPS) is 13.4. The number of hydrogen-bond acceptors (Lipinski definition) is 5. The van der Waals surface area contributed by atoms with E-state index in [-0.39, 0.29) is 6.04 Å². The van der Waals surface area contributed by atoms with Crippen LogP contribution in [0.5, 0.6) is 11.5 Å². The van der Waals surface area contributed by atoms with Crippen LogP contribution in [0.4, 0.5) is 0 Å². The maximum atomic E-state index is 11.4. The molecule has 0 amide bonds. The highest BCUT2D eigenvalue weighted by atomic mass is 16.6. The first-order chi connectivity index (χ1) is 10.0. The fraction of sp³-hybridized carbons (Fsp3) is 0.562. The van der Waals surface area contributed by atoms with E-state index in [4.69, 9.17) is 9.47 Å². The molecule has 0 heterocycles. The predicted octanol–water partition coefficient (Wildman–Crippen LogP) is 2.70. The van der Waals surface area contributed by atoms with Crippen molar-refractivity contribution < 1.29 is 19.0 Å². The van der Waals surface area contributed by atoms with E-state index in [2.05, 4.69) is 23.9 Å². The summed E-state index contributed by atoms with van der Waals surface area (Å²) in [6.45, 7) is 6.83. The summed E-state index contributed by atoms with van der Waals surface area (Å²) in [5.41, 5.74) is 1.11. The summed E-state index contributed by atoms with van der Waals surface area (Å²) in [6, 6.07) is 5.94. The molecule has 0 aromatic heterocycles. The van der Waals surface area contributed by atoms with Gasteiger partial charge in [-0.15, -0.1) is 0 Å². The van der Waals surface area contributed by atoms with Gasteiger partial charge in [0.1, 0.15) is 0 Å². The Morgan fingerprint density at radius 3 is 2.52 bits per heavy atom. The van der Waals surface area contributed by atoms with Gasteiger partial charge >= 0.3 is 5.97 Å². The van der Waals surface area contributed by atoms with Crippen LogP contribution in [-0.2, 0) is 9.53 Å². The number of benzene rings is 1. The monoisotopic (exact) mass is 295 g/mol. The molecule has 1 rings (SSSR count). The molecule has 0 saturated carbocycles. The van der Waals surface area contributed by atoms with Gasteiger partial charge in [-0.1, -0.05) is 13.0 Å². The van der Waals surface area contributed by atoms with Gasteiger partial charge in [0.25, 0.3) is 0 Å². The molecule has 2 atom stereocenters. The zero-order valence-corrected chi connectivity index (χ0v) is 13.4. The average molecular weight is 295 g/mol. The van der Waals surface area contributed by atoms with Gasteiger partial charge in [-0.05, 0) is 44.5 Å². The Morgan fingerprint density at radius 2 is 1.95 bits per heavy atom. The van der Waals surface area contributed by atoms with Gasteiger partial charge < -0.3 is 19.5 Å². The van der Waals surface area contributed by atoms with E-state index in [0.717, 1.165) is 18.5 Å². The molecular formula is C16H25NO4. The molecule has 0 bridgehead atoms. The summed E-state index contributed by atoms with van der Waals surface area (Å²) in [5, 5.41) is 3.42. The molecule has 0 aliphatic heterocycles. The van der Waals surface area contributed by atoms with Crippen LogP contribution in [-0.4, -0.2) is 32.8 Å². The van der Waals surface area contributed by atoms with Crippen LogP contribution < -0.4 is 14.8 Å². The third kappa shape index (κ3) is 4.93. The van der Waals surface area contributed by atoms with Crippen molar-refractivity contribution in [2.45, 2.75) is 39.3 Å². The van der Waals surface area contributed by atoms with Gasteiger partial charge in [0.2, 0.25) is 0 Å². The Morgan fingerprint density at radius 1 is 1.24 bits per heavy atom. The van der Waals surface area contributed by atoms with E-state index in [0.29, 0.717) is 11.5 Å². The lowest BCUT2D eigenvalue weighted by molar-refractivity contribution is -0.147. The largest absolute Gasteiger partial charge is 0.493 e. The summed E-state index contributed by atoms with van der Waals surface area (Å²) >= 11 is 0. The van der Waals surface area contributed by atoms with E-state index in [1.165, 1.54) is 7.11 Å². The number of esters is 1. The summed E-state index contributed by atoms with van der Waals surface area (Å²) in [6.07, 6.45) is 0.407. The number of carbonyl (C=O) groups excluding carboxylic acids is 1. The summed E-state index contributed by atoms with van der Waals surface area (Å²) in [4.78, 5) is 11.4. The molecule has 0 fully saturated rings. The molecule has 1 N–H and O–H groups in total. The lowest BCUT2D eigenvalue weighted by Crippen LogP contribution is -2.25. The van der Waals surface area contributed by atoms with E-state index in [9.17, 15) is 4.79 Å². The second-order valence-corrected chi connectivity index (χ2v) is 4.87. The highest BCUT2D eigenvalue weighted by molar-refractivity contribution is 5.74. The van der Waals surface area contributed by atoms with Crippen molar-refractivity contribution >= 4 is 5.97 Å². The first-order valence-electron chi connectivity index (χ1n) is 7.19. The van der Waals surface area contributed by atoms with Crippen molar-refractivity contribution in [1.82, 2.24) is 5.32 Å². The van der Waals surface area contributed by atoms with Crippen molar-refractivity contribution in [3.63, 3.8) is 0 Å². The molecule has 118 valence electrons. The minimum Gasteiger partial charge on any atom is -0.493 e. The molecule has 1 aromatic carbocycles. The Hall–Kier alpha value is -1.75. The Kier molecular flexibility index (Phi) is 7.02. The van der Waals surface area contributed by atoms with E-state index < -0.39 is 12.1 Å². The number of ether oxygens (including phenoxy) is 3. The molecule has 0 aliphatic carbocycles. The smallest absolute Gasteiger partial charge is 0.346 e. The van der Waals surface area contributed by atoms with Gasteiger partial charge in [-0.3, -0.25) is 0 Å². The summed E-state index contributed by atoms with van der Waals surface area (Å²) in [5.74, 6) is 0.717. The van der Waals surface area contributed by atoms with Crippen LogP contribution in [0, 0.1) is 0 Å².